The van der Waals surface area contributed by atoms with Crippen LogP contribution in [0.5, 0.6) is 0 Å². The van der Waals surface area contributed by atoms with Crippen molar-refractivity contribution in [3.8, 4) is 0 Å². The number of aliphatic hydroxyl groups is 1. The summed E-state index contributed by atoms with van der Waals surface area (Å²) in [6.07, 6.45) is 1.38. The molecule has 0 bridgehead atoms. The van der Waals surface area contributed by atoms with E-state index in [1.165, 1.54) is 0 Å². The topological polar surface area (TPSA) is 77.4 Å². The molecule has 2 rings (SSSR count). The van der Waals surface area contributed by atoms with E-state index in [1.54, 1.807) is 24.3 Å². The molecule has 1 aromatic rings. The zero-order valence-electron chi connectivity index (χ0n) is 8.75. The van der Waals surface area contributed by atoms with Gasteiger partial charge in [-0.2, -0.15) is 0 Å². The molecule has 6 heteroatoms. The summed E-state index contributed by atoms with van der Waals surface area (Å²) in [5.74, 6) is -0.0712. The van der Waals surface area contributed by atoms with Gasteiger partial charge in [-0.1, -0.05) is 24.3 Å². The van der Waals surface area contributed by atoms with Gasteiger partial charge >= 0.3 is 29.6 Å². The molecule has 0 radical (unpaired) electrons. The monoisotopic (exact) mass is 248 g/mol. The Kier molecular flexibility index (Phi) is 4.20. The number of fused-ring (bicyclic) bond motifs is 1. The second kappa shape index (κ2) is 4.89. The fourth-order valence-electron chi connectivity index (χ4n) is 1.73. The van der Waals surface area contributed by atoms with Crippen LogP contribution < -0.4 is 29.6 Å². The van der Waals surface area contributed by atoms with Crippen LogP contribution in [0.3, 0.4) is 0 Å². The molecule has 80 valence electrons. The fourth-order valence-corrected chi connectivity index (χ4v) is 2.59. The SMILES string of the molecule is O=S(=O)([O-])C1C=C(O)Cc2ccccc21.[Na+]. The third-order valence-corrected chi connectivity index (χ3v) is 3.40. The summed E-state index contributed by atoms with van der Waals surface area (Å²) in [4.78, 5) is 0. The molecule has 0 amide bonds. The summed E-state index contributed by atoms with van der Waals surface area (Å²) in [6.45, 7) is 0. The van der Waals surface area contributed by atoms with E-state index < -0.39 is 15.4 Å². The van der Waals surface area contributed by atoms with Gasteiger partial charge in [0.25, 0.3) is 0 Å². The molecule has 0 saturated heterocycles. The Bertz CT molecular complexity index is 521. The minimum atomic E-state index is -4.46. The molecule has 1 aromatic carbocycles. The summed E-state index contributed by atoms with van der Waals surface area (Å²) in [5.41, 5.74) is 1.15. The Balaban J connectivity index is 0.00000128. The minimum absolute atomic E-state index is 0. The molecule has 0 aliphatic heterocycles. The van der Waals surface area contributed by atoms with E-state index in [0.29, 0.717) is 11.1 Å². The van der Waals surface area contributed by atoms with Crippen molar-refractivity contribution in [2.75, 3.05) is 0 Å². The summed E-state index contributed by atoms with van der Waals surface area (Å²) in [5, 5.41) is 8.09. The standard InChI is InChI=1S/C10H10O4S.Na/c11-8-5-7-3-1-2-4-9(7)10(6-8)15(12,13)14;/h1-4,6,10-11H,5H2,(H,12,13,14);/q;+1/p-1. The molecule has 1 aliphatic carbocycles. The van der Waals surface area contributed by atoms with Crippen LogP contribution in [0.2, 0.25) is 0 Å². The third kappa shape index (κ3) is 2.67. The van der Waals surface area contributed by atoms with E-state index in [0.717, 1.165) is 6.08 Å². The number of allylic oxidation sites excluding steroid dienone is 1. The molecule has 16 heavy (non-hydrogen) atoms. The normalized spacial score (nSPS) is 19.3. The van der Waals surface area contributed by atoms with E-state index in [9.17, 15) is 18.1 Å². The van der Waals surface area contributed by atoms with E-state index in [1.807, 2.05) is 0 Å². The first-order chi connectivity index (χ1) is 6.98. The van der Waals surface area contributed by atoms with Crippen LogP contribution in [-0.2, 0) is 16.5 Å². The largest absolute Gasteiger partial charge is 1.00 e. The molecule has 0 heterocycles. The smallest absolute Gasteiger partial charge is 0.747 e. The van der Waals surface area contributed by atoms with Crippen LogP contribution in [0.4, 0.5) is 0 Å². The van der Waals surface area contributed by atoms with Gasteiger partial charge in [0.15, 0.2) is 0 Å². The number of aliphatic hydroxyl groups excluding tert-OH is 1. The van der Waals surface area contributed by atoms with Gasteiger partial charge in [-0.25, -0.2) is 8.42 Å². The van der Waals surface area contributed by atoms with E-state index in [4.69, 9.17) is 0 Å². The predicted octanol–water partition coefficient (Wildman–Crippen LogP) is -1.73. The average molecular weight is 248 g/mol. The first-order valence-electron chi connectivity index (χ1n) is 4.40. The Morgan fingerprint density at radius 2 is 1.94 bits per heavy atom. The van der Waals surface area contributed by atoms with E-state index >= 15 is 0 Å². The molecule has 4 nitrogen and oxygen atoms in total. The molecule has 0 fully saturated rings. The van der Waals surface area contributed by atoms with Gasteiger partial charge in [-0.05, 0) is 17.2 Å². The number of hydrogen-bond donors (Lipinski definition) is 1. The minimum Gasteiger partial charge on any atom is -0.747 e. The molecule has 0 spiro atoms. The van der Waals surface area contributed by atoms with Gasteiger partial charge in [0.05, 0.1) is 11.0 Å². The maximum Gasteiger partial charge on any atom is 1.00 e. The van der Waals surface area contributed by atoms with Gasteiger partial charge in [0.2, 0.25) is 0 Å². The second-order valence-corrected chi connectivity index (χ2v) is 4.94. The number of rotatable bonds is 1. The predicted molar refractivity (Wildman–Crippen MR) is 53.3 cm³/mol. The van der Waals surface area contributed by atoms with Gasteiger partial charge in [0, 0.05) is 6.42 Å². The van der Waals surface area contributed by atoms with Crippen LogP contribution in [0.25, 0.3) is 0 Å². The van der Waals surface area contributed by atoms with Crippen LogP contribution in [-0.4, -0.2) is 18.1 Å². The van der Waals surface area contributed by atoms with Crippen molar-refractivity contribution in [1.29, 1.82) is 0 Å². The zero-order chi connectivity index (χ0) is 11.1. The molecule has 0 aromatic heterocycles. The van der Waals surface area contributed by atoms with Crippen molar-refractivity contribution in [2.24, 2.45) is 0 Å². The van der Waals surface area contributed by atoms with Crippen LogP contribution in [0.15, 0.2) is 36.1 Å². The van der Waals surface area contributed by atoms with E-state index in [-0.39, 0.29) is 41.7 Å². The van der Waals surface area contributed by atoms with Gasteiger partial charge in [0.1, 0.15) is 10.1 Å². The summed E-state index contributed by atoms with van der Waals surface area (Å²) >= 11 is 0. The maximum atomic E-state index is 11.0. The Labute approximate surface area is 116 Å². The summed E-state index contributed by atoms with van der Waals surface area (Å²) in [7, 11) is -4.46. The first kappa shape index (κ1) is 13.7. The molecule has 0 saturated carbocycles. The number of hydrogen-bond acceptors (Lipinski definition) is 4. The Morgan fingerprint density at radius 3 is 2.56 bits per heavy atom. The summed E-state index contributed by atoms with van der Waals surface area (Å²) in [6, 6.07) is 6.72. The quantitative estimate of drug-likeness (QED) is 0.473. The van der Waals surface area contributed by atoms with Crippen molar-refractivity contribution in [3.05, 3.63) is 47.2 Å². The molecule has 1 N–H and O–H groups in total. The van der Waals surface area contributed by atoms with Crippen molar-refractivity contribution in [3.63, 3.8) is 0 Å². The van der Waals surface area contributed by atoms with Gasteiger partial charge in [-0.15, -0.1) is 0 Å². The van der Waals surface area contributed by atoms with Crippen molar-refractivity contribution < 1.29 is 47.6 Å². The third-order valence-electron chi connectivity index (χ3n) is 2.39. The first-order valence-corrected chi connectivity index (χ1v) is 5.88. The van der Waals surface area contributed by atoms with E-state index in [2.05, 4.69) is 0 Å². The maximum absolute atomic E-state index is 11.0. The summed E-state index contributed by atoms with van der Waals surface area (Å²) < 4.78 is 33.0. The molecule has 1 unspecified atom stereocenters. The fraction of sp³-hybridized carbons (Fsp3) is 0.200. The molecular formula is C10H9NaO4S. The van der Waals surface area contributed by atoms with Crippen LogP contribution in [0, 0.1) is 0 Å². The van der Waals surface area contributed by atoms with Gasteiger partial charge in [-0.3, -0.25) is 0 Å². The van der Waals surface area contributed by atoms with Crippen molar-refractivity contribution in [1.82, 2.24) is 0 Å². The Morgan fingerprint density at radius 1 is 1.31 bits per heavy atom. The number of benzene rings is 1. The van der Waals surface area contributed by atoms with Crippen LogP contribution >= 0.6 is 0 Å². The second-order valence-electron chi connectivity index (χ2n) is 3.45. The molecular weight excluding hydrogens is 239 g/mol. The Hall–Kier alpha value is -0.330. The average Bonchev–Trinajstić information content (AvgIpc) is 2.15. The zero-order valence-corrected chi connectivity index (χ0v) is 11.6. The molecule has 1 aliphatic rings. The van der Waals surface area contributed by atoms with Crippen LogP contribution in [0.1, 0.15) is 16.4 Å². The molecule has 1 atom stereocenters. The van der Waals surface area contributed by atoms with Crippen molar-refractivity contribution in [2.45, 2.75) is 11.7 Å². The van der Waals surface area contributed by atoms with Crippen molar-refractivity contribution >= 4 is 10.1 Å². The van der Waals surface area contributed by atoms with Gasteiger partial charge < -0.3 is 9.66 Å².